The topological polar surface area (TPSA) is 96.0 Å². The number of benzene rings is 3. The minimum absolute atomic E-state index is 0.0239. The SMILES string of the molecule is CC[C@@H](C(=O)NC)N(Cc1ccccc1)C(=O)CN(c1ccc(OC)c(Cl)c1)S(=O)(=O)c1ccc(C)cc1. The lowest BCUT2D eigenvalue weighted by molar-refractivity contribution is -0.140. The molecule has 8 nitrogen and oxygen atoms in total. The van der Waals surface area contributed by atoms with Gasteiger partial charge in [0.2, 0.25) is 11.8 Å². The maximum atomic E-state index is 13.9. The van der Waals surface area contributed by atoms with E-state index in [0.29, 0.717) is 12.2 Å². The van der Waals surface area contributed by atoms with Crippen LogP contribution >= 0.6 is 11.6 Å². The lowest BCUT2D eigenvalue weighted by atomic mass is 10.1. The monoisotopic (exact) mass is 557 g/mol. The molecule has 38 heavy (non-hydrogen) atoms. The van der Waals surface area contributed by atoms with Crippen molar-refractivity contribution in [2.45, 2.75) is 37.8 Å². The molecule has 1 atom stereocenters. The number of halogens is 1. The Morgan fingerprint density at radius 1 is 1.03 bits per heavy atom. The van der Waals surface area contributed by atoms with Crippen molar-refractivity contribution in [2.24, 2.45) is 0 Å². The minimum atomic E-state index is -4.18. The molecular formula is C28H32ClN3O5S. The van der Waals surface area contributed by atoms with Crippen LogP contribution in [-0.2, 0) is 26.2 Å². The Hall–Kier alpha value is -3.56. The zero-order valence-electron chi connectivity index (χ0n) is 21.8. The van der Waals surface area contributed by atoms with E-state index in [1.807, 2.05) is 37.3 Å². The van der Waals surface area contributed by atoms with Gasteiger partial charge in [-0.15, -0.1) is 0 Å². The van der Waals surface area contributed by atoms with Crippen LogP contribution in [0.2, 0.25) is 5.02 Å². The van der Waals surface area contributed by atoms with E-state index in [4.69, 9.17) is 16.3 Å². The van der Waals surface area contributed by atoms with Crippen LogP contribution in [0.3, 0.4) is 0 Å². The highest BCUT2D eigenvalue weighted by Crippen LogP contribution is 2.32. The molecule has 3 aromatic rings. The fourth-order valence-corrected chi connectivity index (χ4v) is 5.70. The van der Waals surface area contributed by atoms with Crippen LogP contribution in [0.5, 0.6) is 5.75 Å². The molecule has 0 saturated carbocycles. The van der Waals surface area contributed by atoms with E-state index in [9.17, 15) is 18.0 Å². The van der Waals surface area contributed by atoms with Gasteiger partial charge in [-0.05, 0) is 49.2 Å². The molecule has 0 aliphatic carbocycles. The Morgan fingerprint density at radius 3 is 2.24 bits per heavy atom. The molecule has 0 unspecified atom stereocenters. The second-order valence-corrected chi connectivity index (χ2v) is 11.0. The summed E-state index contributed by atoms with van der Waals surface area (Å²) >= 11 is 6.34. The quantitative estimate of drug-likeness (QED) is 0.377. The zero-order valence-corrected chi connectivity index (χ0v) is 23.4. The summed E-state index contributed by atoms with van der Waals surface area (Å²) in [5, 5.41) is 2.80. The summed E-state index contributed by atoms with van der Waals surface area (Å²) < 4.78 is 33.9. The molecule has 1 N–H and O–H groups in total. The van der Waals surface area contributed by atoms with Crippen molar-refractivity contribution in [3.05, 3.63) is 88.9 Å². The number of sulfonamides is 1. The van der Waals surface area contributed by atoms with Crippen molar-refractivity contribution >= 4 is 39.1 Å². The fourth-order valence-electron chi connectivity index (χ4n) is 4.04. The lowest BCUT2D eigenvalue weighted by Crippen LogP contribution is -2.51. The number of carbonyl (C=O) groups is 2. The van der Waals surface area contributed by atoms with Crippen LogP contribution in [0.15, 0.2) is 77.7 Å². The van der Waals surface area contributed by atoms with Crippen LogP contribution < -0.4 is 14.4 Å². The van der Waals surface area contributed by atoms with Crippen molar-refractivity contribution in [1.82, 2.24) is 10.2 Å². The highest BCUT2D eigenvalue weighted by Gasteiger charge is 2.33. The van der Waals surface area contributed by atoms with E-state index in [1.165, 1.54) is 43.3 Å². The largest absolute Gasteiger partial charge is 0.495 e. The van der Waals surface area contributed by atoms with Crippen molar-refractivity contribution in [3.63, 3.8) is 0 Å². The Kier molecular flexibility index (Phi) is 9.77. The number of amides is 2. The van der Waals surface area contributed by atoms with Crippen molar-refractivity contribution in [1.29, 1.82) is 0 Å². The zero-order chi connectivity index (χ0) is 27.9. The summed E-state index contributed by atoms with van der Waals surface area (Å²) in [5.41, 5.74) is 1.89. The van der Waals surface area contributed by atoms with Gasteiger partial charge < -0.3 is 15.0 Å². The van der Waals surface area contributed by atoms with Crippen LogP contribution in [0.4, 0.5) is 5.69 Å². The Balaban J connectivity index is 2.08. The number of likely N-dealkylation sites (N-methyl/N-ethyl adjacent to an activating group) is 1. The standard InChI is InChI=1S/C28H32ClN3O5S/c1-5-25(28(34)30-3)31(18-21-9-7-6-8-10-21)27(33)19-32(22-13-16-26(37-4)24(29)17-22)38(35,36)23-14-11-20(2)12-15-23/h6-17,25H,5,18-19H2,1-4H3,(H,30,34)/t25-/m0/s1. The minimum Gasteiger partial charge on any atom is -0.495 e. The summed E-state index contributed by atoms with van der Waals surface area (Å²) in [6, 6.07) is 19.3. The molecule has 0 saturated heterocycles. The first-order valence-corrected chi connectivity index (χ1v) is 13.9. The average molecular weight is 558 g/mol. The van der Waals surface area contributed by atoms with Gasteiger partial charge in [0.05, 0.1) is 22.7 Å². The highest BCUT2D eigenvalue weighted by molar-refractivity contribution is 7.92. The third-order valence-electron chi connectivity index (χ3n) is 6.14. The number of hydrogen-bond acceptors (Lipinski definition) is 5. The molecule has 0 fully saturated rings. The molecule has 3 rings (SSSR count). The molecule has 0 aliphatic heterocycles. The van der Waals surface area contributed by atoms with Gasteiger partial charge in [0.1, 0.15) is 18.3 Å². The number of rotatable bonds is 11. The Labute approximate surface area is 229 Å². The van der Waals surface area contributed by atoms with Crippen molar-refractivity contribution < 1.29 is 22.7 Å². The van der Waals surface area contributed by atoms with Gasteiger partial charge in [-0.2, -0.15) is 0 Å². The summed E-state index contributed by atoms with van der Waals surface area (Å²) in [7, 11) is -1.22. The Bertz CT molecular complexity index is 1360. The summed E-state index contributed by atoms with van der Waals surface area (Å²) in [4.78, 5) is 28.0. The predicted molar refractivity (Wildman–Crippen MR) is 149 cm³/mol. The number of anilines is 1. The lowest BCUT2D eigenvalue weighted by Gasteiger charge is -2.33. The molecular weight excluding hydrogens is 526 g/mol. The number of aryl methyl sites for hydroxylation is 1. The average Bonchev–Trinajstić information content (AvgIpc) is 2.91. The maximum absolute atomic E-state index is 13.9. The number of methoxy groups -OCH3 is 1. The summed E-state index contributed by atoms with van der Waals surface area (Å²) in [6.45, 7) is 3.24. The van der Waals surface area contributed by atoms with E-state index in [1.54, 1.807) is 25.1 Å². The predicted octanol–water partition coefficient (Wildman–Crippen LogP) is 4.41. The number of nitrogens with one attached hydrogen (secondary N) is 1. The van der Waals surface area contributed by atoms with E-state index in [2.05, 4.69) is 5.32 Å². The van der Waals surface area contributed by atoms with E-state index < -0.39 is 28.5 Å². The van der Waals surface area contributed by atoms with Crippen molar-refractivity contribution in [2.75, 3.05) is 25.0 Å². The molecule has 0 spiro atoms. The molecule has 0 aromatic heterocycles. The van der Waals surface area contributed by atoms with Crippen molar-refractivity contribution in [3.8, 4) is 5.75 Å². The summed E-state index contributed by atoms with van der Waals surface area (Å²) in [5.74, 6) is -0.505. The molecule has 0 aliphatic rings. The molecule has 202 valence electrons. The van der Waals surface area contributed by atoms with Gasteiger partial charge >= 0.3 is 0 Å². The molecule has 10 heteroatoms. The molecule has 0 heterocycles. The molecule has 3 aromatic carbocycles. The second-order valence-electron chi connectivity index (χ2n) is 8.69. The van der Waals surface area contributed by atoms with E-state index in [-0.39, 0.29) is 28.1 Å². The Morgan fingerprint density at radius 2 is 1.68 bits per heavy atom. The van der Waals surface area contributed by atoms with Gasteiger partial charge in [0, 0.05) is 13.6 Å². The van der Waals surface area contributed by atoms with Gasteiger partial charge in [-0.3, -0.25) is 13.9 Å². The number of hydrogen-bond donors (Lipinski definition) is 1. The van der Waals surface area contributed by atoms with Gasteiger partial charge in [-0.25, -0.2) is 8.42 Å². The van der Waals surface area contributed by atoms with Crippen LogP contribution in [-0.4, -0.2) is 51.9 Å². The molecule has 0 radical (unpaired) electrons. The fraction of sp³-hybridized carbons (Fsp3) is 0.286. The van der Waals surface area contributed by atoms with E-state index in [0.717, 1.165) is 15.4 Å². The first-order chi connectivity index (χ1) is 18.1. The third-order valence-corrected chi connectivity index (χ3v) is 8.22. The smallest absolute Gasteiger partial charge is 0.264 e. The maximum Gasteiger partial charge on any atom is 0.264 e. The summed E-state index contributed by atoms with van der Waals surface area (Å²) in [6.07, 6.45) is 0.345. The third kappa shape index (κ3) is 6.65. The highest BCUT2D eigenvalue weighted by atomic mass is 35.5. The van der Waals surface area contributed by atoms with Gasteiger partial charge in [0.15, 0.2) is 0 Å². The number of nitrogens with zero attached hydrogens (tertiary/aromatic N) is 2. The first kappa shape index (κ1) is 29.0. The molecule has 2 amide bonds. The first-order valence-electron chi connectivity index (χ1n) is 12.1. The normalized spacial score (nSPS) is 11.9. The van der Waals surface area contributed by atoms with Crippen LogP contribution in [0, 0.1) is 6.92 Å². The van der Waals surface area contributed by atoms with Crippen LogP contribution in [0.1, 0.15) is 24.5 Å². The van der Waals surface area contributed by atoms with Gasteiger partial charge in [0.25, 0.3) is 10.0 Å². The number of carbonyl (C=O) groups excluding carboxylic acids is 2. The van der Waals surface area contributed by atoms with E-state index >= 15 is 0 Å². The van der Waals surface area contributed by atoms with Crippen LogP contribution in [0.25, 0.3) is 0 Å². The molecule has 0 bridgehead atoms. The number of ether oxygens (including phenoxy) is 1. The second kappa shape index (κ2) is 12.8. The van der Waals surface area contributed by atoms with Gasteiger partial charge in [-0.1, -0.05) is 66.6 Å².